The lowest BCUT2D eigenvalue weighted by molar-refractivity contribution is -0.122. The molecular formula is C19H27N3O2. The third-order valence-corrected chi connectivity index (χ3v) is 5.18. The van der Waals surface area contributed by atoms with Crippen LogP contribution in [0.25, 0.3) is 0 Å². The Balaban J connectivity index is 1.53. The number of nitrogens with two attached hydrogens (primary N) is 1. The van der Waals surface area contributed by atoms with Gasteiger partial charge in [-0.3, -0.25) is 4.79 Å². The molecule has 1 aliphatic heterocycles. The van der Waals surface area contributed by atoms with Gasteiger partial charge in [0.15, 0.2) is 0 Å². The highest BCUT2D eigenvalue weighted by molar-refractivity contribution is 5.77. The normalized spacial score (nSPS) is 24.8. The summed E-state index contributed by atoms with van der Waals surface area (Å²) in [5.74, 6) is 0.625. The number of allylic oxidation sites excluding steroid dienone is 1. The first-order valence-electron chi connectivity index (χ1n) is 8.76. The molecule has 0 spiro atoms. The molecule has 2 aliphatic rings. The molecular weight excluding hydrogens is 302 g/mol. The number of hydrogen-bond donors (Lipinski definition) is 2. The molecule has 130 valence electrons. The molecule has 1 aliphatic carbocycles. The maximum atomic E-state index is 11.6. The fourth-order valence-corrected chi connectivity index (χ4v) is 3.71. The highest BCUT2D eigenvalue weighted by Crippen LogP contribution is 2.25. The Kier molecular flexibility index (Phi) is 5.41. The van der Waals surface area contributed by atoms with Crippen LogP contribution in [0.3, 0.4) is 0 Å². The topological polar surface area (TPSA) is 67.6 Å². The monoisotopic (exact) mass is 329 g/mol. The number of carbonyl (C=O) groups excluding carboxylic acids is 1. The van der Waals surface area contributed by atoms with Gasteiger partial charge in [-0.05, 0) is 49.9 Å². The summed E-state index contributed by atoms with van der Waals surface area (Å²) in [5.41, 5.74) is 6.79. The van der Waals surface area contributed by atoms with E-state index in [9.17, 15) is 4.79 Å². The Hall–Kier alpha value is -2.01. The predicted octanol–water partition coefficient (Wildman–Crippen LogP) is 2.07. The van der Waals surface area contributed by atoms with Gasteiger partial charge >= 0.3 is 0 Å². The Morgan fingerprint density at radius 2 is 1.83 bits per heavy atom. The highest BCUT2D eigenvalue weighted by Gasteiger charge is 2.30. The molecule has 1 aromatic carbocycles. The summed E-state index contributed by atoms with van der Waals surface area (Å²) in [4.78, 5) is 14.0. The number of carbonyl (C=O) groups is 1. The van der Waals surface area contributed by atoms with Crippen molar-refractivity contribution in [2.24, 2.45) is 11.7 Å². The fraction of sp³-hybridized carbons (Fsp3) is 0.526. The van der Waals surface area contributed by atoms with Gasteiger partial charge in [0.2, 0.25) is 5.91 Å². The second kappa shape index (κ2) is 7.71. The summed E-state index contributed by atoms with van der Waals surface area (Å²) in [6.07, 6.45) is 8.04. The number of primary amides is 1. The molecule has 0 saturated carbocycles. The number of piperidine rings is 1. The quantitative estimate of drug-likeness (QED) is 0.812. The Morgan fingerprint density at radius 3 is 2.46 bits per heavy atom. The van der Waals surface area contributed by atoms with Gasteiger partial charge in [-0.1, -0.05) is 12.2 Å². The number of nitrogens with zero attached hydrogens (tertiary/aromatic N) is 1. The van der Waals surface area contributed by atoms with E-state index in [1.54, 1.807) is 7.11 Å². The van der Waals surface area contributed by atoms with Gasteiger partial charge in [-0.25, -0.2) is 0 Å². The number of nitrogens with one attached hydrogen (secondary N) is 1. The second-order valence-electron chi connectivity index (χ2n) is 6.68. The first-order chi connectivity index (χ1) is 11.7. The summed E-state index contributed by atoms with van der Waals surface area (Å²) < 4.78 is 5.22. The van der Waals surface area contributed by atoms with Crippen LogP contribution in [0, 0.1) is 5.92 Å². The van der Waals surface area contributed by atoms with E-state index in [1.165, 1.54) is 5.69 Å². The Labute approximate surface area is 143 Å². The van der Waals surface area contributed by atoms with Crippen LogP contribution in [-0.2, 0) is 4.79 Å². The Bertz CT molecular complexity index is 577. The van der Waals surface area contributed by atoms with Gasteiger partial charge in [-0.15, -0.1) is 0 Å². The van der Waals surface area contributed by atoms with Crippen molar-refractivity contribution in [1.29, 1.82) is 0 Å². The van der Waals surface area contributed by atoms with Gasteiger partial charge in [0, 0.05) is 30.9 Å². The molecule has 1 heterocycles. The van der Waals surface area contributed by atoms with Crippen LogP contribution < -0.4 is 20.7 Å². The lowest BCUT2D eigenvalue weighted by Gasteiger charge is -2.37. The van der Waals surface area contributed by atoms with Crippen LogP contribution in [0.15, 0.2) is 36.4 Å². The molecule has 5 nitrogen and oxygen atoms in total. The van der Waals surface area contributed by atoms with Crippen LogP contribution in [0.2, 0.25) is 0 Å². The predicted molar refractivity (Wildman–Crippen MR) is 96.2 cm³/mol. The van der Waals surface area contributed by atoms with E-state index in [1.807, 2.05) is 12.1 Å². The number of ether oxygens (including phenoxy) is 1. The van der Waals surface area contributed by atoms with Crippen molar-refractivity contribution in [2.75, 3.05) is 25.1 Å². The average molecular weight is 329 g/mol. The van der Waals surface area contributed by atoms with Gasteiger partial charge in [0.05, 0.1) is 13.0 Å². The standard InChI is InChI=1S/C19H27N3O2/c1-24-16-8-6-15(7-9-16)22-12-10-14(11-13-22)21-18-5-3-2-4-17(18)19(20)23/h2-3,6-9,14,17-18,21H,4-5,10-13H2,1H3,(H2,20,23)/t17-,18-/m1/s1. The number of anilines is 1. The van der Waals surface area contributed by atoms with E-state index in [4.69, 9.17) is 10.5 Å². The van der Waals surface area contributed by atoms with Crippen molar-refractivity contribution < 1.29 is 9.53 Å². The minimum Gasteiger partial charge on any atom is -0.497 e. The summed E-state index contributed by atoms with van der Waals surface area (Å²) in [6.45, 7) is 2.04. The molecule has 0 aromatic heterocycles. The molecule has 1 fully saturated rings. The van der Waals surface area contributed by atoms with Crippen molar-refractivity contribution in [3.8, 4) is 5.75 Å². The van der Waals surface area contributed by atoms with E-state index in [0.29, 0.717) is 6.04 Å². The van der Waals surface area contributed by atoms with E-state index >= 15 is 0 Å². The zero-order valence-corrected chi connectivity index (χ0v) is 14.3. The first kappa shape index (κ1) is 16.8. The van der Waals surface area contributed by atoms with Gasteiger partial charge < -0.3 is 20.7 Å². The largest absolute Gasteiger partial charge is 0.497 e. The van der Waals surface area contributed by atoms with E-state index in [2.05, 4.69) is 34.5 Å². The van der Waals surface area contributed by atoms with Gasteiger partial charge in [0.1, 0.15) is 5.75 Å². The van der Waals surface area contributed by atoms with Crippen molar-refractivity contribution in [2.45, 2.75) is 37.8 Å². The molecule has 0 bridgehead atoms. The SMILES string of the molecule is COc1ccc(N2CCC(N[C@@H]3CC=CC[C@H]3C(N)=O)CC2)cc1. The van der Waals surface area contributed by atoms with Crippen molar-refractivity contribution >= 4 is 11.6 Å². The summed E-state index contributed by atoms with van der Waals surface area (Å²) in [7, 11) is 1.69. The molecule has 5 heteroatoms. The third-order valence-electron chi connectivity index (χ3n) is 5.18. The number of amides is 1. The average Bonchev–Trinajstić information content (AvgIpc) is 2.63. The van der Waals surface area contributed by atoms with E-state index in [0.717, 1.165) is 44.5 Å². The van der Waals surface area contributed by atoms with Crippen LogP contribution >= 0.6 is 0 Å². The molecule has 1 amide bonds. The molecule has 2 atom stereocenters. The summed E-state index contributed by atoms with van der Waals surface area (Å²) in [6, 6.07) is 8.88. The summed E-state index contributed by atoms with van der Waals surface area (Å²) in [5, 5.41) is 3.68. The van der Waals surface area contributed by atoms with Crippen LogP contribution in [0.5, 0.6) is 5.75 Å². The Morgan fingerprint density at radius 1 is 1.17 bits per heavy atom. The maximum absolute atomic E-state index is 11.6. The van der Waals surface area contributed by atoms with E-state index in [-0.39, 0.29) is 17.9 Å². The van der Waals surface area contributed by atoms with Crippen LogP contribution in [0.4, 0.5) is 5.69 Å². The number of benzene rings is 1. The second-order valence-corrected chi connectivity index (χ2v) is 6.68. The fourth-order valence-electron chi connectivity index (χ4n) is 3.71. The van der Waals surface area contributed by atoms with Crippen molar-refractivity contribution in [3.63, 3.8) is 0 Å². The molecule has 1 aromatic rings. The third kappa shape index (κ3) is 3.90. The first-order valence-corrected chi connectivity index (χ1v) is 8.76. The minimum atomic E-state index is -0.187. The van der Waals surface area contributed by atoms with Crippen molar-refractivity contribution in [3.05, 3.63) is 36.4 Å². The zero-order valence-electron chi connectivity index (χ0n) is 14.3. The molecule has 0 radical (unpaired) electrons. The molecule has 1 saturated heterocycles. The van der Waals surface area contributed by atoms with E-state index < -0.39 is 0 Å². The summed E-state index contributed by atoms with van der Waals surface area (Å²) >= 11 is 0. The van der Waals surface area contributed by atoms with Crippen LogP contribution in [0.1, 0.15) is 25.7 Å². The maximum Gasteiger partial charge on any atom is 0.222 e. The molecule has 24 heavy (non-hydrogen) atoms. The molecule has 0 unspecified atom stereocenters. The van der Waals surface area contributed by atoms with Crippen LogP contribution in [-0.4, -0.2) is 38.2 Å². The minimum absolute atomic E-state index is 0.0744. The zero-order chi connectivity index (χ0) is 16.9. The lowest BCUT2D eigenvalue weighted by Crippen LogP contribution is -2.51. The smallest absolute Gasteiger partial charge is 0.222 e. The highest BCUT2D eigenvalue weighted by atomic mass is 16.5. The molecule has 3 rings (SSSR count). The number of methoxy groups -OCH3 is 1. The lowest BCUT2D eigenvalue weighted by atomic mass is 9.87. The van der Waals surface area contributed by atoms with Gasteiger partial charge in [0.25, 0.3) is 0 Å². The van der Waals surface area contributed by atoms with Crippen molar-refractivity contribution in [1.82, 2.24) is 5.32 Å². The van der Waals surface area contributed by atoms with Gasteiger partial charge in [-0.2, -0.15) is 0 Å². The number of rotatable bonds is 5. The number of hydrogen-bond acceptors (Lipinski definition) is 4. The molecule has 3 N–H and O–H groups in total.